The number of ether oxygens (including phenoxy) is 3. The first-order valence-corrected chi connectivity index (χ1v) is 9.44. The molecule has 1 aromatic carbocycles. The molecule has 2 N–H and O–H groups in total. The van der Waals surface area contributed by atoms with Gasteiger partial charge in [0.2, 0.25) is 5.71 Å². The number of nitrogen functional groups attached to an aromatic ring is 1. The minimum Gasteiger partial charge on any atom is -0.496 e. The number of rotatable bonds is 8. The van der Waals surface area contributed by atoms with Crippen molar-refractivity contribution in [1.29, 1.82) is 0 Å². The van der Waals surface area contributed by atoms with Crippen LogP contribution in [0.5, 0.6) is 5.75 Å². The molecule has 9 heteroatoms. The average Bonchev–Trinajstić information content (AvgIpc) is 3.07. The van der Waals surface area contributed by atoms with E-state index in [0.29, 0.717) is 12.2 Å². The van der Waals surface area contributed by atoms with Gasteiger partial charge in [0.25, 0.3) is 0 Å². The minimum atomic E-state index is -0.556. The SMILES string of the molecule is CCOC(=O)c1c(C)oc2nc(COC(=O)CCc3ccccc3OC)nc(N)c12. The summed E-state index contributed by atoms with van der Waals surface area (Å²) in [5.41, 5.74) is 7.26. The van der Waals surface area contributed by atoms with Gasteiger partial charge in [0, 0.05) is 6.42 Å². The zero-order valence-electron chi connectivity index (χ0n) is 17.1. The Morgan fingerprint density at radius 1 is 1.17 bits per heavy atom. The number of hydrogen-bond donors (Lipinski definition) is 1. The number of para-hydroxylation sites is 1. The van der Waals surface area contributed by atoms with E-state index < -0.39 is 11.9 Å². The van der Waals surface area contributed by atoms with E-state index in [1.165, 1.54) is 0 Å². The van der Waals surface area contributed by atoms with Crippen molar-refractivity contribution in [3.8, 4) is 5.75 Å². The maximum Gasteiger partial charge on any atom is 0.342 e. The summed E-state index contributed by atoms with van der Waals surface area (Å²) in [5.74, 6) is 0.313. The second-order valence-electron chi connectivity index (χ2n) is 6.43. The lowest BCUT2D eigenvalue weighted by molar-refractivity contribution is -0.145. The molecule has 30 heavy (non-hydrogen) atoms. The van der Waals surface area contributed by atoms with Crippen molar-refractivity contribution in [3.05, 3.63) is 47.0 Å². The molecule has 2 aromatic heterocycles. The van der Waals surface area contributed by atoms with Crippen LogP contribution < -0.4 is 10.5 Å². The Kier molecular flexibility index (Phi) is 6.51. The zero-order valence-corrected chi connectivity index (χ0v) is 17.1. The van der Waals surface area contributed by atoms with Gasteiger partial charge in [0.1, 0.15) is 22.9 Å². The van der Waals surface area contributed by atoms with Crippen LogP contribution in [0.15, 0.2) is 28.7 Å². The van der Waals surface area contributed by atoms with Gasteiger partial charge in [0.15, 0.2) is 12.4 Å². The summed E-state index contributed by atoms with van der Waals surface area (Å²) in [6, 6.07) is 7.47. The number of carbonyl (C=O) groups excluding carboxylic acids is 2. The number of carbonyl (C=O) groups is 2. The van der Waals surface area contributed by atoms with E-state index in [0.717, 1.165) is 11.3 Å². The van der Waals surface area contributed by atoms with Crippen LogP contribution in [0.3, 0.4) is 0 Å². The van der Waals surface area contributed by atoms with Crippen LogP contribution in [-0.2, 0) is 27.3 Å². The second-order valence-corrected chi connectivity index (χ2v) is 6.43. The number of nitrogens with zero attached hydrogens (tertiary/aromatic N) is 2. The molecule has 0 amide bonds. The number of fused-ring (bicyclic) bond motifs is 1. The topological polar surface area (TPSA) is 127 Å². The second kappa shape index (κ2) is 9.25. The van der Waals surface area contributed by atoms with Gasteiger partial charge in [-0.05, 0) is 31.9 Å². The Balaban J connectivity index is 1.67. The molecule has 2 heterocycles. The highest BCUT2D eigenvalue weighted by molar-refractivity contribution is 6.07. The normalized spacial score (nSPS) is 10.8. The fourth-order valence-corrected chi connectivity index (χ4v) is 3.06. The molecule has 0 fully saturated rings. The number of anilines is 1. The first-order chi connectivity index (χ1) is 14.4. The number of nitrogens with two attached hydrogens (primary N) is 1. The molecule has 3 rings (SSSR count). The molecule has 0 unspecified atom stereocenters. The standard InChI is InChI=1S/C21H23N3O6/c1-4-28-21(26)17-12(2)30-20-18(17)19(22)23-15(24-20)11-29-16(25)10-9-13-7-5-6-8-14(13)27-3/h5-8H,4,9-11H2,1-3H3,(H2,22,23,24). The van der Waals surface area contributed by atoms with E-state index in [2.05, 4.69) is 9.97 Å². The Hall–Kier alpha value is -3.62. The highest BCUT2D eigenvalue weighted by atomic mass is 16.5. The molecule has 0 atom stereocenters. The summed E-state index contributed by atoms with van der Waals surface area (Å²) in [7, 11) is 1.58. The van der Waals surface area contributed by atoms with Gasteiger partial charge in [0.05, 0.1) is 19.1 Å². The van der Waals surface area contributed by atoms with Crippen LogP contribution in [0.2, 0.25) is 0 Å². The summed E-state index contributed by atoms with van der Waals surface area (Å²) >= 11 is 0. The molecule has 0 aliphatic rings. The quantitative estimate of drug-likeness (QED) is 0.554. The first-order valence-electron chi connectivity index (χ1n) is 9.44. The molecule has 0 bridgehead atoms. The van der Waals surface area contributed by atoms with Crippen LogP contribution in [0, 0.1) is 6.92 Å². The van der Waals surface area contributed by atoms with Crippen molar-refractivity contribution in [2.45, 2.75) is 33.3 Å². The van der Waals surface area contributed by atoms with Gasteiger partial charge in [-0.1, -0.05) is 18.2 Å². The van der Waals surface area contributed by atoms with Crippen molar-refractivity contribution in [1.82, 2.24) is 9.97 Å². The number of furan rings is 1. The third-order valence-electron chi connectivity index (χ3n) is 4.43. The molecule has 0 aliphatic carbocycles. The van der Waals surface area contributed by atoms with Crippen molar-refractivity contribution in [2.75, 3.05) is 19.5 Å². The largest absolute Gasteiger partial charge is 0.496 e. The molecule has 9 nitrogen and oxygen atoms in total. The fourth-order valence-electron chi connectivity index (χ4n) is 3.06. The van der Waals surface area contributed by atoms with E-state index in [9.17, 15) is 9.59 Å². The molecule has 0 saturated heterocycles. The molecular weight excluding hydrogens is 390 g/mol. The molecule has 158 valence electrons. The fraction of sp³-hybridized carbons (Fsp3) is 0.333. The van der Waals surface area contributed by atoms with Crippen LogP contribution >= 0.6 is 0 Å². The van der Waals surface area contributed by atoms with Crippen molar-refractivity contribution in [2.24, 2.45) is 0 Å². The van der Waals surface area contributed by atoms with Crippen LogP contribution in [-0.4, -0.2) is 35.6 Å². The van der Waals surface area contributed by atoms with Crippen LogP contribution in [0.4, 0.5) is 5.82 Å². The first kappa shape index (κ1) is 21.1. The van der Waals surface area contributed by atoms with Gasteiger partial charge < -0.3 is 24.4 Å². The van der Waals surface area contributed by atoms with Crippen molar-refractivity contribution >= 4 is 28.9 Å². The summed E-state index contributed by atoms with van der Waals surface area (Å²) in [4.78, 5) is 32.6. The number of aromatic nitrogens is 2. The average molecular weight is 413 g/mol. The Labute approximate surface area is 173 Å². The lowest BCUT2D eigenvalue weighted by atomic mass is 10.1. The van der Waals surface area contributed by atoms with E-state index >= 15 is 0 Å². The van der Waals surface area contributed by atoms with Crippen LogP contribution in [0.1, 0.15) is 40.9 Å². The van der Waals surface area contributed by atoms with Crippen molar-refractivity contribution < 1.29 is 28.2 Å². The predicted octanol–water partition coefficient (Wildman–Crippen LogP) is 2.97. The third kappa shape index (κ3) is 4.51. The van der Waals surface area contributed by atoms with E-state index in [1.54, 1.807) is 21.0 Å². The molecule has 0 aliphatic heterocycles. The number of esters is 2. The van der Waals surface area contributed by atoms with Crippen LogP contribution in [0.25, 0.3) is 11.1 Å². The summed E-state index contributed by atoms with van der Waals surface area (Å²) in [6.07, 6.45) is 0.649. The lowest BCUT2D eigenvalue weighted by Gasteiger charge is -2.08. The smallest absolute Gasteiger partial charge is 0.342 e. The van der Waals surface area contributed by atoms with Gasteiger partial charge >= 0.3 is 11.9 Å². The summed E-state index contributed by atoms with van der Waals surface area (Å²) in [5, 5.41) is 0.289. The number of benzene rings is 1. The Bertz CT molecular complexity index is 1080. The maximum absolute atomic E-state index is 12.2. The van der Waals surface area contributed by atoms with E-state index in [-0.39, 0.29) is 47.9 Å². The minimum absolute atomic E-state index is 0.0555. The monoisotopic (exact) mass is 413 g/mol. The molecular formula is C21H23N3O6. The highest BCUT2D eigenvalue weighted by Gasteiger charge is 2.24. The molecule has 0 saturated carbocycles. The van der Waals surface area contributed by atoms with E-state index in [1.807, 2.05) is 24.3 Å². The van der Waals surface area contributed by atoms with Gasteiger partial charge in [-0.2, -0.15) is 4.98 Å². The lowest BCUT2D eigenvalue weighted by Crippen LogP contribution is -2.10. The van der Waals surface area contributed by atoms with Gasteiger partial charge in [-0.15, -0.1) is 0 Å². The highest BCUT2D eigenvalue weighted by Crippen LogP contribution is 2.29. The zero-order chi connectivity index (χ0) is 21.7. The summed E-state index contributed by atoms with van der Waals surface area (Å²) < 4.78 is 21.1. The summed E-state index contributed by atoms with van der Waals surface area (Å²) in [6.45, 7) is 3.37. The molecule has 0 radical (unpaired) electrons. The maximum atomic E-state index is 12.2. The van der Waals surface area contributed by atoms with E-state index in [4.69, 9.17) is 24.4 Å². The van der Waals surface area contributed by atoms with Gasteiger partial charge in [-0.25, -0.2) is 9.78 Å². The molecule has 0 spiro atoms. The van der Waals surface area contributed by atoms with Crippen molar-refractivity contribution in [3.63, 3.8) is 0 Å². The number of hydrogen-bond acceptors (Lipinski definition) is 9. The Morgan fingerprint density at radius 2 is 1.93 bits per heavy atom. The number of aryl methyl sites for hydroxylation is 2. The van der Waals surface area contributed by atoms with Gasteiger partial charge in [-0.3, -0.25) is 4.79 Å². The Morgan fingerprint density at radius 3 is 2.67 bits per heavy atom. The predicted molar refractivity (Wildman–Crippen MR) is 108 cm³/mol. The third-order valence-corrected chi connectivity index (χ3v) is 4.43. The number of methoxy groups -OCH3 is 1. The molecule has 3 aromatic rings.